The Morgan fingerprint density at radius 2 is 2.06 bits per heavy atom. The highest BCUT2D eigenvalue weighted by molar-refractivity contribution is 7.91. The molecule has 0 bridgehead atoms. The number of carbonyl (C=O) groups excluding carboxylic acids is 1. The van der Waals surface area contributed by atoms with Gasteiger partial charge in [0.25, 0.3) is 0 Å². The van der Waals surface area contributed by atoms with Gasteiger partial charge in [0.15, 0.2) is 5.84 Å². The lowest BCUT2D eigenvalue weighted by atomic mass is 10.1. The number of unbranched alkanes of at least 4 members (excludes halogenated alkanes) is 3. The molecule has 180 valence electrons. The minimum absolute atomic E-state index is 0.0846. The molecule has 0 aromatic heterocycles. The summed E-state index contributed by atoms with van der Waals surface area (Å²) in [6.07, 6.45) is 10.6. The van der Waals surface area contributed by atoms with E-state index >= 15 is 0 Å². The second kappa shape index (κ2) is 11.7. The van der Waals surface area contributed by atoms with Crippen LogP contribution < -0.4 is 25.8 Å². The first-order valence-electron chi connectivity index (χ1n) is 10.9. The SMILES string of the molecule is COC1C=CC(CNC(=O)NCCCCCCOc2cccc3c2C(N)=NS(=O)(=O)N3)=CC1. The third-order valence-electron chi connectivity index (χ3n) is 5.25. The van der Waals surface area contributed by atoms with Gasteiger partial charge in [0, 0.05) is 20.2 Å². The van der Waals surface area contributed by atoms with E-state index in [1.165, 1.54) is 0 Å². The summed E-state index contributed by atoms with van der Waals surface area (Å²) in [6, 6.07) is 4.87. The van der Waals surface area contributed by atoms with Gasteiger partial charge in [0.1, 0.15) is 5.75 Å². The van der Waals surface area contributed by atoms with E-state index in [0.29, 0.717) is 36.7 Å². The fraction of sp³-hybridized carbons (Fsp3) is 0.455. The van der Waals surface area contributed by atoms with E-state index in [4.69, 9.17) is 15.2 Å². The van der Waals surface area contributed by atoms with Gasteiger partial charge in [-0.15, -0.1) is 4.40 Å². The van der Waals surface area contributed by atoms with Crippen LogP contribution in [0.2, 0.25) is 0 Å². The number of hydrogen-bond acceptors (Lipinski definition) is 6. The number of anilines is 1. The van der Waals surface area contributed by atoms with Gasteiger partial charge in [-0.3, -0.25) is 4.72 Å². The summed E-state index contributed by atoms with van der Waals surface area (Å²) in [7, 11) is -2.12. The molecule has 2 aliphatic rings. The molecule has 0 spiro atoms. The Kier molecular flexibility index (Phi) is 8.72. The minimum atomic E-state index is -3.81. The van der Waals surface area contributed by atoms with Crippen LogP contribution in [0.1, 0.15) is 37.7 Å². The topological polar surface area (TPSA) is 144 Å². The Labute approximate surface area is 194 Å². The standard InChI is InChI=1S/C22H31N5O5S/c1-31-17-11-9-16(10-12-17)15-25-22(28)24-13-4-2-3-5-14-32-19-8-6-7-18-20(19)21(23)27-33(29,30)26-18/h6-11,17,26H,2-5,12-15H2,1H3,(H2,23,27)(H2,24,25,28). The maximum Gasteiger partial charge on any atom is 0.344 e. The molecule has 1 heterocycles. The fourth-order valence-corrected chi connectivity index (χ4v) is 4.34. The summed E-state index contributed by atoms with van der Waals surface area (Å²) in [6.45, 7) is 1.57. The number of ether oxygens (including phenoxy) is 2. The average molecular weight is 478 g/mol. The first-order valence-corrected chi connectivity index (χ1v) is 12.4. The van der Waals surface area contributed by atoms with Gasteiger partial charge in [0.2, 0.25) is 0 Å². The molecule has 3 rings (SSSR count). The number of nitrogens with zero attached hydrogens (tertiary/aromatic N) is 1. The lowest BCUT2D eigenvalue weighted by Gasteiger charge is -2.19. The lowest BCUT2D eigenvalue weighted by Crippen LogP contribution is -2.37. The number of amidine groups is 1. The van der Waals surface area contributed by atoms with Crippen molar-refractivity contribution in [2.24, 2.45) is 10.1 Å². The molecule has 0 radical (unpaired) electrons. The van der Waals surface area contributed by atoms with Crippen molar-refractivity contribution in [3.63, 3.8) is 0 Å². The smallest absolute Gasteiger partial charge is 0.344 e. The van der Waals surface area contributed by atoms with Crippen LogP contribution in [-0.2, 0) is 14.9 Å². The van der Waals surface area contributed by atoms with Crippen LogP contribution in [0.25, 0.3) is 0 Å². The normalized spacial score (nSPS) is 18.4. The van der Waals surface area contributed by atoms with Crippen molar-refractivity contribution in [1.29, 1.82) is 0 Å². The van der Waals surface area contributed by atoms with E-state index in [-0.39, 0.29) is 18.0 Å². The Morgan fingerprint density at radius 1 is 1.24 bits per heavy atom. The van der Waals surface area contributed by atoms with Gasteiger partial charge in [0.05, 0.1) is 24.0 Å². The van der Waals surface area contributed by atoms with Crippen LogP contribution in [0.15, 0.2) is 46.4 Å². The van der Waals surface area contributed by atoms with E-state index in [9.17, 15) is 13.2 Å². The molecule has 5 N–H and O–H groups in total. The number of benzene rings is 1. The third-order valence-corrected chi connectivity index (χ3v) is 6.16. The Morgan fingerprint density at radius 3 is 2.82 bits per heavy atom. The van der Waals surface area contributed by atoms with Gasteiger partial charge >= 0.3 is 16.2 Å². The highest BCUT2D eigenvalue weighted by Gasteiger charge is 2.24. The van der Waals surface area contributed by atoms with E-state index in [1.54, 1.807) is 25.3 Å². The van der Waals surface area contributed by atoms with Gasteiger partial charge in [-0.1, -0.05) is 37.1 Å². The maximum absolute atomic E-state index is 11.9. The second-order valence-corrected chi connectivity index (χ2v) is 9.09. The van der Waals surface area contributed by atoms with Crippen LogP contribution >= 0.6 is 0 Å². The maximum atomic E-state index is 11.9. The van der Waals surface area contributed by atoms with E-state index < -0.39 is 10.2 Å². The molecular weight excluding hydrogens is 446 g/mol. The number of hydrogen-bond donors (Lipinski definition) is 4. The largest absolute Gasteiger partial charge is 0.493 e. The summed E-state index contributed by atoms with van der Waals surface area (Å²) in [5.41, 5.74) is 7.70. The highest BCUT2D eigenvalue weighted by atomic mass is 32.2. The molecule has 33 heavy (non-hydrogen) atoms. The molecule has 10 nitrogen and oxygen atoms in total. The quantitative estimate of drug-likeness (QED) is 0.360. The molecule has 11 heteroatoms. The first kappa shape index (κ1) is 24.6. The van der Waals surface area contributed by atoms with E-state index in [2.05, 4.69) is 25.8 Å². The highest BCUT2D eigenvalue weighted by Crippen LogP contribution is 2.30. The van der Waals surface area contributed by atoms with Gasteiger partial charge in [-0.2, -0.15) is 8.42 Å². The van der Waals surface area contributed by atoms with Gasteiger partial charge < -0.3 is 25.8 Å². The van der Waals surface area contributed by atoms with Crippen LogP contribution in [0.5, 0.6) is 5.75 Å². The molecular formula is C22H31N5O5S. The number of fused-ring (bicyclic) bond motifs is 1. The van der Waals surface area contributed by atoms with E-state index in [1.807, 2.05) is 12.2 Å². The molecule has 1 aromatic carbocycles. The molecule has 0 fully saturated rings. The van der Waals surface area contributed by atoms with Crippen molar-refractivity contribution >= 4 is 27.8 Å². The van der Waals surface area contributed by atoms with Crippen LogP contribution in [0.3, 0.4) is 0 Å². The van der Waals surface area contributed by atoms with Crippen molar-refractivity contribution < 1.29 is 22.7 Å². The van der Waals surface area contributed by atoms with Crippen molar-refractivity contribution in [3.05, 3.63) is 47.6 Å². The third kappa shape index (κ3) is 7.50. The summed E-state index contributed by atoms with van der Waals surface area (Å²) in [4.78, 5) is 11.9. The summed E-state index contributed by atoms with van der Waals surface area (Å²) >= 11 is 0. The number of rotatable bonds is 11. The molecule has 0 saturated heterocycles. The molecule has 2 amide bonds. The zero-order valence-electron chi connectivity index (χ0n) is 18.7. The van der Waals surface area contributed by atoms with Crippen LogP contribution in [0, 0.1) is 0 Å². The van der Waals surface area contributed by atoms with Crippen molar-refractivity contribution in [1.82, 2.24) is 10.6 Å². The molecule has 1 aromatic rings. The molecule has 1 atom stereocenters. The number of urea groups is 1. The number of methoxy groups -OCH3 is 1. The van der Waals surface area contributed by atoms with Gasteiger partial charge in [-0.05, 0) is 37.0 Å². The second-order valence-electron chi connectivity index (χ2n) is 7.75. The van der Waals surface area contributed by atoms with Crippen molar-refractivity contribution in [2.45, 2.75) is 38.2 Å². The van der Waals surface area contributed by atoms with Crippen molar-refractivity contribution in [3.8, 4) is 5.75 Å². The predicted octanol–water partition coefficient (Wildman–Crippen LogP) is 2.20. The Bertz CT molecular complexity index is 1040. The lowest BCUT2D eigenvalue weighted by molar-refractivity contribution is 0.142. The number of amides is 2. The monoisotopic (exact) mass is 477 g/mol. The zero-order valence-corrected chi connectivity index (χ0v) is 19.5. The Hall–Kier alpha value is -3.05. The number of carbonyl (C=O) groups is 1. The van der Waals surface area contributed by atoms with Crippen LogP contribution in [0.4, 0.5) is 10.5 Å². The van der Waals surface area contributed by atoms with E-state index in [0.717, 1.165) is 37.7 Å². The van der Waals surface area contributed by atoms with Crippen LogP contribution in [-0.4, -0.2) is 53.2 Å². The zero-order chi connectivity index (χ0) is 23.7. The van der Waals surface area contributed by atoms with Crippen molar-refractivity contribution in [2.75, 3.05) is 31.5 Å². The predicted molar refractivity (Wildman–Crippen MR) is 128 cm³/mol. The Balaban J connectivity index is 1.26. The van der Waals surface area contributed by atoms with Gasteiger partial charge in [-0.25, -0.2) is 4.79 Å². The number of nitrogens with one attached hydrogen (secondary N) is 3. The molecule has 1 unspecified atom stereocenters. The molecule has 1 aliphatic heterocycles. The first-order chi connectivity index (χ1) is 15.9. The fourth-order valence-electron chi connectivity index (χ4n) is 3.50. The summed E-state index contributed by atoms with van der Waals surface area (Å²) in [5, 5.41) is 5.72. The average Bonchev–Trinajstić information content (AvgIpc) is 2.78. The minimum Gasteiger partial charge on any atom is -0.493 e. The number of nitrogens with two attached hydrogens (primary N) is 1. The molecule has 1 aliphatic carbocycles. The summed E-state index contributed by atoms with van der Waals surface area (Å²) in [5.74, 6) is 0.411. The summed E-state index contributed by atoms with van der Waals surface area (Å²) < 4.78 is 40.1. The molecule has 0 saturated carbocycles.